The van der Waals surface area contributed by atoms with Gasteiger partial charge in [0.1, 0.15) is 6.61 Å². The molecule has 2 aromatic heterocycles. The van der Waals surface area contributed by atoms with Gasteiger partial charge in [0.05, 0.1) is 32.2 Å². The van der Waals surface area contributed by atoms with Crippen molar-refractivity contribution in [3.8, 4) is 17.5 Å². The molecule has 0 aliphatic carbocycles. The molecule has 0 saturated heterocycles. The Balaban J connectivity index is 2.06. The van der Waals surface area contributed by atoms with Gasteiger partial charge in [-0.05, 0) is 39.8 Å². The van der Waals surface area contributed by atoms with Crippen molar-refractivity contribution < 1.29 is 14.2 Å². The summed E-state index contributed by atoms with van der Waals surface area (Å²) >= 11 is 0. The third kappa shape index (κ3) is 6.81. The number of hydrogen-bond donors (Lipinski definition) is 1. The van der Waals surface area contributed by atoms with Gasteiger partial charge in [-0.15, -0.1) is 0 Å². The van der Waals surface area contributed by atoms with E-state index < -0.39 is 8.53 Å². The molecule has 0 saturated carbocycles. The summed E-state index contributed by atoms with van der Waals surface area (Å²) in [5.74, 6) is 1.01. The van der Waals surface area contributed by atoms with Crippen molar-refractivity contribution in [3.63, 3.8) is 0 Å². The molecule has 0 aliphatic rings. The molecule has 0 spiro atoms. The van der Waals surface area contributed by atoms with E-state index in [4.69, 9.17) is 14.3 Å². The maximum absolute atomic E-state index is 9.63. The predicted octanol–water partition coefficient (Wildman–Crippen LogP) is 3.12. The Morgan fingerprint density at radius 1 is 1.17 bits per heavy atom. The summed E-state index contributed by atoms with van der Waals surface area (Å²) in [7, 11) is -1.31. The van der Waals surface area contributed by atoms with Crippen molar-refractivity contribution in [2.24, 2.45) is 0 Å². The first-order valence-corrected chi connectivity index (χ1v) is 10.8. The van der Waals surface area contributed by atoms with Crippen molar-refractivity contribution in [3.05, 3.63) is 30.4 Å². The zero-order chi connectivity index (χ0) is 21.2. The minimum atomic E-state index is -1.31. The molecule has 29 heavy (non-hydrogen) atoms. The average molecular weight is 420 g/mol. The summed E-state index contributed by atoms with van der Waals surface area (Å²) in [6.45, 7) is 9.26. The highest BCUT2D eigenvalue weighted by Crippen LogP contribution is 2.45. The molecule has 2 aromatic rings. The van der Waals surface area contributed by atoms with Crippen LogP contribution in [-0.4, -0.2) is 54.8 Å². The molecule has 2 rings (SSSR count). The smallest absolute Gasteiger partial charge is 0.259 e. The van der Waals surface area contributed by atoms with Crippen LogP contribution < -0.4 is 0 Å². The highest BCUT2D eigenvalue weighted by molar-refractivity contribution is 7.44. The van der Waals surface area contributed by atoms with Gasteiger partial charge in [0.2, 0.25) is 0 Å². The third-order valence-electron chi connectivity index (χ3n) is 4.00. The van der Waals surface area contributed by atoms with E-state index in [9.17, 15) is 5.11 Å². The zero-order valence-electron chi connectivity index (χ0n) is 17.4. The number of aromatic nitrogens is 4. The van der Waals surface area contributed by atoms with Gasteiger partial charge in [-0.1, -0.05) is 0 Å². The molecule has 0 bridgehead atoms. The summed E-state index contributed by atoms with van der Waals surface area (Å²) in [6, 6.07) is 6.21. The SMILES string of the molecule is CC(C)N(C(C)C)P(OCCC#N)OCCn1nc(-c2ccncc2)nc1CO. The van der Waals surface area contributed by atoms with Gasteiger partial charge in [0.25, 0.3) is 8.53 Å². The van der Waals surface area contributed by atoms with Crippen LogP contribution in [0.4, 0.5) is 0 Å². The van der Waals surface area contributed by atoms with Crippen molar-refractivity contribution >= 4 is 8.53 Å². The normalized spacial score (nSPS) is 12.7. The van der Waals surface area contributed by atoms with Gasteiger partial charge >= 0.3 is 0 Å². The predicted molar refractivity (Wildman–Crippen MR) is 110 cm³/mol. The zero-order valence-corrected chi connectivity index (χ0v) is 18.3. The standard InChI is InChI=1S/C19H29N6O3P/c1-15(2)25(16(3)4)29(27-12-5-8-20)28-13-11-24-18(14-26)22-19(23-24)17-6-9-21-10-7-17/h6-7,9-10,15-16,26H,5,11-14H2,1-4H3. The van der Waals surface area contributed by atoms with Crippen LogP contribution in [0.25, 0.3) is 11.4 Å². The summed E-state index contributed by atoms with van der Waals surface area (Å²) < 4.78 is 15.8. The molecule has 0 amide bonds. The number of aliphatic hydroxyl groups is 1. The number of nitrogens with zero attached hydrogens (tertiary/aromatic N) is 6. The Morgan fingerprint density at radius 3 is 2.41 bits per heavy atom. The summed E-state index contributed by atoms with van der Waals surface area (Å²) in [5, 5.41) is 22.9. The number of nitriles is 1. The molecule has 0 aliphatic heterocycles. The average Bonchev–Trinajstić information content (AvgIpc) is 3.11. The van der Waals surface area contributed by atoms with Gasteiger partial charge in [-0.3, -0.25) is 4.98 Å². The van der Waals surface area contributed by atoms with E-state index >= 15 is 0 Å². The largest absolute Gasteiger partial charge is 0.388 e. The van der Waals surface area contributed by atoms with E-state index in [0.29, 0.717) is 37.8 Å². The third-order valence-corrected chi connectivity index (χ3v) is 6.10. The van der Waals surface area contributed by atoms with Crippen LogP contribution in [-0.2, 0) is 22.2 Å². The van der Waals surface area contributed by atoms with E-state index in [1.54, 1.807) is 17.1 Å². The molecule has 1 N–H and O–H groups in total. The van der Waals surface area contributed by atoms with Crippen molar-refractivity contribution in [1.29, 1.82) is 5.26 Å². The lowest BCUT2D eigenvalue weighted by Gasteiger charge is -2.35. The van der Waals surface area contributed by atoms with Crippen LogP contribution in [0.2, 0.25) is 0 Å². The van der Waals surface area contributed by atoms with E-state index in [1.807, 2.05) is 12.1 Å². The summed E-state index contributed by atoms with van der Waals surface area (Å²) in [6.07, 6.45) is 3.67. The van der Waals surface area contributed by atoms with Crippen LogP contribution in [0, 0.1) is 11.3 Å². The van der Waals surface area contributed by atoms with Gasteiger partial charge in [-0.25, -0.2) is 14.3 Å². The number of aliphatic hydroxyl groups excluding tert-OH is 1. The second kappa shape index (κ2) is 11.9. The Labute approximate surface area is 173 Å². The fourth-order valence-electron chi connectivity index (χ4n) is 2.81. The topological polar surface area (TPSA) is 109 Å². The van der Waals surface area contributed by atoms with E-state index in [0.717, 1.165) is 5.56 Å². The van der Waals surface area contributed by atoms with Gasteiger partial charge in [0, 0.05) is 30.0 Å². The maximum atomic E-state index is 9.63. The first-order chi connectivity index (χ1) is 14.0. The lowest BCUT2D eigenvalue weighted by Crippen LogP contribution is -2.34. The van der Waals surface area contributed by atoms with Gasteiger partial charge in [-0.2, -0.15) is 10.4 Å². The fourth-order valence-corrected chi connectivity index (χ4v) is 4.39. The minimum Gasteiger partial charge on any atom is -0.388 e. The number of pyridine rings is 1. The molecule has 10 heteroatoms. The Kier molecular flexibility index (Phi) is 9.58. The quantitative estimate of drug-likeness (QED) is 0.412. The van der Waals surface area contributed by atoms with Gasteiger partial charge in [0.15, 0.2) is 11.6 Å². The van der Waals surface area contributed by atoms with Crippen LogP contribution in [0.3, 0.4) is 0 Å². The Morgan fingerprint density at radius 2 is 1.83 bits per heavy atom. The second-order valence-electron chi connectivity index (χ2n) is 6.85. The van der Waals surface area contributed by atoms with E-state index in [-0.39, 0.29) is 18.7 Å². The van der Waals surface area contributed by atoms with Crippen LogP contribution in [0.15, 0.2) is 24.5 Å². The van der Waals surface area contributed by atoms with Crippen LogP contribution in [0.5, 0.6) is 0 Å². The van der Waals surface area contributed by atoms with Crippen molar-refractivity contribution in [2.75, 3.05) is 13.2 Å². The molecule has 9 nitrogen and oxygen atoms in total. The maximum Gasteiger partial charge on any atom is 0.259 e. The lowest BCUT2D eigenvalue weighted by molar-refractivity contribution is 0.169. The lowest BCUT2D eigenvalue weighted by atomic mass is 10.2. The Hall–Kier alpha value is -1.95. The summed E-state index contributed by atoms with van der Waals surface area (Å²) in [5.41, 5.74) is 0.835. The molecular weight excluding hydrogens is 391 g/mol. The fraction of sp³-hybridized carbons (Fsp3) is 0.579. The second-order valence-corrected chi connectivity index (χ2v) is 8.30. The first kappa shape index (κ1) is 23.3. The summed E-state index contributed by atoms with van der Waals surface area (Å²) in [4.78, 5) is 8.39. The monoisotopic (exact) mass is 420 g/mol. The molecule has 1 unspecified atom stereocenters. The van der Waals surface area contributed by atoms with Gasteiger partial charge < -0.3 is 14.2 Å². The highest BCUT2D eigenvalue weighted by Gasteiger charge is 2.27. The van der Waals surface area contributed by atoms with E-state index in [1.165, 1.54) is 0 Å². The minimum absolute atomic E-state index is 0.213. The van der Waals surface area contributed by atoms with Crippen LogP contribution >= 0.6 is 8.53 Å². The molecule has 2 heterocycles. The molecule has 0 fully saturated rings. The van der Waals surface area contributed by atoms with Crippen molar-refractivity contribution in [2.45, 2.75) is 59.4 Å². The molecular formula is C19H29N6O3P. The van der Waals surface area contributed by atoms with E-state index in [2.05, 4.69) is 53.5 Å². The number of rotatable bonds is 12. The van der Waals surface area contributed by atoms with Crippen molar-refractivity contribution in [1.82, 2.24) is 24.4 Å². The first-order valence-electron chi connectivity index (χ1n) is 9.64. The molecule has 0 aromatic carbocycles. The van der Waals surface area contributed by atoms with Crippen LogP contribution in [0.1, 0.15) is 39.9 Å². The Bertz CT molecular complexity index is 770. The number of hydrogen-bond acceptors (Lipinski definition) is 8. The molecule has 158 valence electrons. The highest BCUT2D eigenvalue weighted by atomic mass is 31.2. The molecule has 1 atom stereocenters. The molecule has 0 radical (unpaired) electrons.